The smallest absolute Gasteiger partial charge is 0.253 e. The number of fused-ring (bicyclic) bond motifs is 1. The molecule has 29 heavy (non-hydrogen) atoms. The van der Waals surface area contributed by atoms with Crippen molar-refractivity contribution in [3.8, 4) is 5.75 Å². The Morgan fingerprint density at radius 3 is 2.45 bits per heavy atom. The van der Waals surface area contributed by atoms with Crippen LogP contribution < -0.4 is 10.2 Å². The average Bonchev–Trinajstić information content (AvgIpc) is 2.76. The summed E-state index contributed by atoms with van der Waals surface area (Å²) >= 11 is 3.57. The van der Waals surface area contributed by atoms with Crippen LogP contribution in [0.5, 0.6) is 5.75 Å². The van der Waals surface area contributed by atoms with Gasteiger partial charge in [-0.3, -0.25) is 14.5 Å². The lowest BCUT2D eigenvalue weighted by Gasteiger charge is -2.35. The number of ether oxygens (including phenoxy) is 1. The first-order valence-electron chi connectivity index (χ1n) is 9.50. The van der Waals surface area contributed by atoms with Crippen LogP contribution in [0, 0.1) is 0 Å². The maximum atomic E-state index is 12.7. The Balaban J connectivity index is 1.44. The molecule has 150 valence electrons. The van der Waals surface area contributed by atoms with E-state index in [1.807, 2.05) is 41.4 Å². The van der Waals surface area contributed by atoms with Crippen molar-refractivity contribution in [2.75, 3.05) is 33.3 Å². The second-order valence-electron chi connectivity index (χ2n) is 7.07. The Bertz CT molecular complexity index is 1090. The fourth-order valence-electron chi connectivity index (χ4n) is 3.67. The number of amides is 1. The van der Waals surface area contributed by atoms with Gasteiger partial charge < -0.3 is 14.2 Å². The fourth-order valence-corrected chi connectivity index (χ4v) is 4.26. The molecule has 0 atom stereocenters. The van der Waals surface area contributed by atoms with E-state index in [9.17, 15) is 9.59 Å². The molecule has 0 saturated carbocycles. The summed E-state index contributed by atoms with van der Waals surface area (Å²) in [4.78, 5) is 29.1. The Morgan fingerprint density at radius 2 is 1.76 bits per heavy atom. The van der Waals surface area contributed by atoms with E-state index in [0.717, 1.165) is 28.8 Å². The van der Waals surface area contributed by atoms with E-state index in [2.05, 4.69) is 25.4 Å². The number of methoxy groups -OCH3 is 1. The van der Waals surface area contributed by atoms with Crippen molar-refractivity contribution in [2.45, 2.75) is 6.67 Å². The van der Waals surface area contributed by atoms with E-state index in [1.54, 1.807) is 25.3 Å². The highest BCUT2D eigenvalue weighted by Crippen LogP contribution is 2.22. The summed E-state index contributed by atoms with van der Waals surface area (Å²) in [6, 6.07) is 14.5. The van der Waals surface area contributed by atoms with Crippen LogP contribution in [0.1, 0.15) is 10.4 Å². The van der Waals surface area contributed by atoms with Crippen LogP contribution in [0.4, 0.5) is 0 Å². The summed E-state index contributed by atoms with van der Waals surface area (Å²) < 4.78 is 8.14. The number of piperazine rings is 1. The number of hydrogen-bond acceptors (Lipinski definition) is 4. The van der Waals surface area contributed by atoms with Crippen LogP contribution in [-0.4, -0.2) is 53.6 Å². The van der Waals surface area contributed by atoms with Crippen LogP contribution in [0.2, 0.25) is 0 Å². The van der Waals surface area contributed by atoms with Gasteiger partial charge in [-0.05, 0) is 52.3 Å². The van der Waals surface area contributed by atoms with Gasteiger partial charge in [0.05, 0.1) is 19.3 Å². The third-order valence-corrected chi connectivity index (χ3v) is 5.93. The zero-order valence-corrected chi connectivity index (χ0v) is 17.8. The lowest BCUT2D eigenvalue weighted by molar-refractivity contribution is 0.0597. The van der Waals surface area contributed by atoms with E-state index in [-0.39, 0.29) is 11.3 Å². The predicted octanol–water partition coefficient (Wildman–Crippen LogP) is 3.19. The lowest BCUT2D eigenvalue weighted by Crippen LogP contribution is -2.49. The molecule has 1 amide bonds. The SMILES string of the molecule is COc1ccc(C(=O)N2CCN(Cn3ccc(=O)c4cccc(Br)c43)CC2)cc1. The largest absolute Gasteiger partial charge is 0.497 e. The normalized spacial score (nSPS) is 14.9. The molecule has 0 bridgehead atoms. The molecule has 0 spiro atoms. The van der Waals surface area contributed by atoms with Crippen molar-refractivity contribution >= 4 is 32.7 Å². The number of nitrogens with zero attached hydrogens (tertiary/aromatic N) is 3. The maximum absolute atomic E-state index is 12.7. The number of halogens is 1. The molecular formula is C22H22BrN3O3. The first kappa shape index (κ1) is 19.7. The van der Waals surface area contributed by atoms with Gasteiger partial charge in [0.25, 0.3) is 5.91 Å². The van der Waals surface area contributed by atoms with Crippen molar-refractivity contribution in [1.29, 1.82) is 0 Å². The molecule has 6 nitrogen and oxygen atoms in total. The molecule has 1 aliphatic rings. The third-order valence-electron chi connectivity index (χ3n) is 5.29. The number of hydrogen-bond donors (Lipinski definition) is 0. The summed E-state index contributed by atoms with van der Waals surface area (Å²) in [6.07, 6.45) is 1.84. The van der Waals surface area contributed by atoms with Crippen molar-refractivity contribution in [3.05, 3.63) is 75.0 Å². The quantitative estimate of drug-likeness (QED) is 0.606. The molecule has 2 heterocycles. The molecule has 0 N–H and O–H groups in total. The zero-order chi connectivity index (χ0) is 20.4. The van der Waals surface area contributed by atoms with Crippen LogP contribution in [0.3, 0.4) is 0 Å². The molecular weight excluding hydrogens is 434 g/mol. The number of benzene rings is 2. The maximum Gasteiger partial charge on any atom is 0.253 e. The van der Waals surface area contributed by atoms with E-state index in [0.29, 0.717) is 30.7 Å². The average molecular weight is 456 g/mol. The number of para-hydroxylation sites is 1. The molecule has 1 aliphatic heterocycles. The molecule has 4 rings (SSSR count). The second kappa shape index (κ2) is 8.39. The molecule has 2 aromatic carbocycles. The van der Waals surface area contributed by atoms with Gasteiger partial charge in [-0.15, -0.1) is 0 Å². The highest BCUT2D eigenvalue weighted by atomic mass is 79.9. The first-order chi connectivity index (χ1) is 14.1. The van der Waals surface area contributed by atoms with Crippen LogP contribution in [0.25, 0.3) is 10.9 Å². The Kier molecular flexibility index (Phi) is 5.69. The van der Waals surface area contributed by atoms with Gasteiger partial charge in [-0.25, -0.2) is 0 Å². The highest BCUT2D eigenvalue weighted by molar-refractivity contribution is 9.10. The van der Waals surface area contributed by atoms with Gasteiger partial charge >= 0.3 is 0 Å². The minimum absolute atomic E-state index is 0.0208. The first-order valence-corrected chi connectivity index (χ1v) is 10.3. The molecule has 1 fully saturated rings. The topological polar surface area (TPSA) is 54.8 Å². The van der Waals surface area contributed by atoms with Gasteiger partial charge in [-0.1, -0.05) is 6.07 Å². The number of carbonyl (C=O) groups excluding carboxylic acids is 1. The van der Waals surface area contributed by atoms with E-state index in [1.165, 1.54) is 0 Å². The number of aromatic nitrogens is 1. The molecule has 0 unspecified atom stereocenters. The summed E-state index contributed by atoms with van der Waals surface area (Å²) in [5.74, 6) is 0.787. The van der Waals surface area contributed by atoms with Crippen LogP contribution in [-0.2, 0) is 6.67 Å². The molecule has 1 saturated heterocycles. The Labute approximate surface area is 177 Å². The second-order valence-corrected chi connectivity index (χ2v) is 7.92. The molecule has 3 aromatic rings. The summed E-state index contributed by atoms with van der Waals surface area (Å²) in [6.45, 7) is 3.57. The van der Waals surface area contributed by atoms with Gasteiger partial charge in [0.1, 0.15) is 5.75 Å². The number of carbonyl (C=O) groups is 1. The van der Waals surface area contributed by atoms with Crippen molar-refractivity contribution in [1.82, 2.24) is 14.4 Å². The zero-order valence-electron chi connectivity index (χ0n) is 16.2. The van der Waals surface area contributed by atoms with E-state index < -0.39 is 0 Å². The Morgan fingerprint density at radius 1 is 1.03 bits per heavy atom. The van der Waals surface area contributed by atoms with Crippen LogP contribution in [0.15, 0.2) is 64.0 Å². The summed E-state index contributed by atoms with van der Waals surface area (Å²) in [5.41, 5.74) is 1.60. The van der Waals surface area contributed by atoms with Gasteiger partial charge in [-0.2, -0.15) is 0 Å². The molecule has 0 aliphatic carbocycles. The minimum atomic E-state index is 0.0208. The van der Waals surface area contributed by atoms with Crippen molar-refractivity contribution in [2.24, 2.45) is 0 Å². The fraction of sp³-hybridized carbons (Fsp3) is 0.273. The lowest BCUT2D eigenvalue weighted by atomic mass is 10.1. The highest BCUT2D eigenvalue weighted by Gasteiger charge is 2.22. The number of pyridine rings is 1. The van der Waals surface area contributed by atoms with Gasteiger partial charge in [0.2, 0.25) is 0 Å². The molecule has 1 aromatic heterocycles. The molecule has 0 radical (unpaired) electrons. The number of rotatable bonds is 4. The standard InChI is InChI=1S/C22H22BrN3O3/c1-29-17-7-5-16(6-8-17)22(28)25-13-11-24(12-14-25)15-26-10-9-20(27)18-3-2-4-19(23)21(18)26/h2-10H,11-15H2,1H3. The van der Waals surface area contributed by atoms with E-state index in [4.69, 9.17) is 4.74 Å². The summed E-state index contributed by atoms with van der Waals surface area (Å²) in [5, 5.41) is 0.704. The molecule has 7 heteroatoms. The van der Waals surface area contributed by atoms with Crippen LogP contribution >= 0.6 is 15.9 Å². The minimum Gasteiger partial charge on any atom is -0.497 e. The third kappa shape index (κ3) is 4.06. The monoisotopic (exact) mass is 455 g/mol. The Hall–Kier alpha value is -2.64. The van der Waals surface area contributed by atoms with Crippen molar-refractivity contribution < 1.29 is 9.53 Å². The van der Waals surface area contributed by atoms with Crippen molar-refractivity contribution in [3.63, 3.8) is 0 Å². The van der Waals surface area contributed by atoms with E-state index >= 15 is 0 Å². The predicted molar refractivity (Wildman–Crippen MR) is 116 cm³/mol. The van der Waals surface area contributed by atoms with Gasteiger partial charge in [0, 0.05) is 53.9 Å². The van der Waals surface area contributed by atoms with Gasteiger partial charge in [0.15, 0.2) is 5.43 Å². The summed E-state index contributed by atoms with van der Waals surface area (Å²) in [7, 11) is 1.61.